The Morgan fingerprint density at radius 3 is 2.88 bits per heavy atom. The van der Waals surface area contributed by atoms with Crippen molar-refractivity contribution in [1.82, 2.24) is 9.55 Å². The molecule has 1 saturated carbocycles. The van der Waals surface area contributed by atoms with Gasteiger partial charge >= 0.3 is 5.97 Å². The Bertz CT molecular complexity index is 354. The number of aromatic nitrogens is 2. The van der Waals surface area contributed by atoms with E-state index in [1.807, 2.05) is 10.8 Å². The number of carbonyl (C=O) groups is 1. The zero-order valence-electron chi connectivity index (χ0n) is 9.43. The molecule has 1 fully saturated rings. The van der Waals surface area contributed by atoms with Gasteiger partial charge in [0.2, 0.25) is 0 Å². The zero-order chi connectivity index (χ0) is 11.4. The second-order valence-corrected chi connectivity index (χ2v) is 4.46. The maximum Gasteiger partial charge on any atom is 0.305 e. The van der Waals surface area contributed by atoms with Gasteiger partial charge in [0.05, 0.1) is 6.42 Å². The lowest BCUT2D eigenvalue weighted by atomic mass is 9.88. The molecule has 0 atom stereocenters. The van der Waals surface area contributed by atoms with Crippen LogP contribution in [0.2, 0.25) is 0 Å². The largest absolute Gasteiger partial charge is 0.481 e. The number of imidazole rings is 1. The Morgan fingerprint density at radius 1 is 1.44 bits per heavy atom. The normalized spacial score (nSPS) is 17.5. The van der Waals surface area contributed by atoms with Gasteiger partial charge in [-0.3, -0.25) is 4.79 Å². The molecule has 4 nitrogen and oxygen atoms in total. The minimum absolute atomic E-state index is 0.177. The molecule has 16 heavy (non-hydrogen) atoms. The summed E-state index contributed by atoms with van der Waals surface area (Å²) in [6.07, 6.45) is 10.1. The Morgan fingerprint density at radius 2 is 2.19 bits per heavy atom. The van der Waals surface area contributed by atoms with Crippen molar-refractivity contribution >= 4 is 5.97 Å². The summed E-state index contributed by atoms with van der Waals surface area (Å²) in [7, 11) is 0. The van der Waals surface area contributed by atoms with Crippen molar-refractivity contribution < 1.29 is 9.90 Å². The van der Waals surface area contributed by atoms with E-state index in [1.165, 1.54) is 32.1 Å². The predicted octanol–water partition coefficient (Wildman–Crippen LogP) is 2.41. The van der Waals surface area contributed by atoms with Gasteiger partial charge in [-0.1, -0.05) is 19.3 Å². The molecule has 0 unspecified atom stereocenters. The maximum atomic E-state index is 10.5. The summed E-state index contributed by atoms with van der Waals surface area (Å²) in [6.45, 7) is 0.543. The van der Waals surface area contributed by atoms with Crippen LogP contribution in [0.25, 0.3) is 0 Å². The average Bonchev–Trinajstić information content (AvgIpc) is 2.75. The number of aryl methyl sites for hydroxylation is 1. The first kappa shape index (κ1) is 11.2. The first-order valence-electron chi connectivity index (χ1n) is 6.00. The van der Waals surface area contributed by atoms with Crippen LogP contribution >= 0.6 is 0 Å². The molecule has 0 bridgehead atoms. The lowest BCUT2D eigenvalue weighted by Crippen LogP contribution is -2.13. The van der Waals surface area contributed by atoms with Gasteiger partial charge in [-0.05, 0) is 12.8 Å². The van der Waals surface area contributed by atoms with Gasteiger partial charge in [0.25, 0.3) is 0 Å². The highest BCUT2D eigenvalue weighted by Crippen LogP contribution is 2.31. The van der Waals surface area contributed by atoms with Crippen LogP contribution in [0.1, 0.15) is 50.3 Å². The second-order valence-electron chi connectivity index (χ2n) is 4.46. The summed E-state index contributed by atoms with van der Waals surface area (Å²) in [5.74, 6) is 0.877. The summed E-state index contributed by atoms with van der Waals surface area (Å²) in [6, 6.07) is 0. The van der Waals surface area contributed by atoms with E-state index in [0.717, 1.165) is 5.82 Å². The van der Waals surface area contributed by atoms with Crippen LogP contribution in [0, 0.1) is 0 Å². The molecule has 1 aliphatic carbocycles. The van der Waals surface area contributed by atoms with E-state index in [2.05, 4.69) is 4.98 Å². The van der Waals surface area contributed by atoms with Gasteiger partial charge in [-0.25, -0.2) is 4.98 Å². The summed E-state index contributed by atoms with van der Waals surface area (Å²) in [5, 5.41) is 8.68. The van der Waals surface area contributed by atoms with Crippen LogP contribution in [-0.4, -0.2) is 20.6 Å². The predicted molar refractivity (Wildman–Crippen MR) is 60.3 cm³/mol. The van der Waals surface area contributed by atoms with Crippen molar-refractivity contribution in [3.8, 4) is 0 Å². The van der Waals surface area contributed by atoms with Gasteiger partial charge in [0, 0.05) is 24.9 Å². The molecular weight excluding hydrogens is 204 g/mol. The van der Waals surface area contributed by atoms with Crippen LogP contribution in [0.5, 0.6) is 0 Å². The molecular formula is C12H18N2O2. The third-order valence-electron chi connectivity index (χ3n) is 3.28. The highest BCUT2D eigenvalue weighted by atomic mass is 16.4. The average molecular weight is 222 g/mol. The van der Waals surface area contributed by atoms with Gasteiger partial charge in [-0.15, -0.1) is 0 Å². The van der Waals surface area contributed by atoms with E-state index in [4.69, 9.17) is 5.11 Å². The molecule has 2 rings (SSSR count). The molecule has 0 spiro atoms. The van der Waals surface area contributed by atoms with Crippen molar-refractivity contribution in [1.29, 1.82) is 0 Å². The van der Waals surface area contributed by atoms with Crippen molar-refractivity contribution in [3.63, 3.8) is 0 Å². The molecule has 4 heteroatoms. The van der Waals surface area contributed by atoms with E-state index in [1.54, 1.807) is 6.20 Å². The van der Waals surface area contributed by atoms with E-state index in [-0.39, 0.29) is 6.42 Å². The number of aliphatic carboxylic acids is 1. The fourth-order valence-corrected chi connectivity index (χ4v) is 2.45. The van der Waals surface area contributed by atoms with Gasteiger partial charge in [0.15, 0.2) is 0 Å². The topological polar surface area (TPSA) is 55.1 Å². The van der Waals surface area contributed by atoms with Crippen molar-refractivity contribution in [2.75, 3.05) is 0 Å². The molecule has 1 aliphatic rings. The summed E-state index contributed by atoms with van der Waals surface area (Å²) >= 11 is 0. The van der Waals surface area contributed by atoms with Crippen LogP contribution < -0.4 is 0 Å². The standard InChI is InChI=1S/C12H18N2O2/c15-11(16)6-8-14-9-7-13-12(14)10-4-2-1-3-5-10/h7,9-10H,1-6,8H2,(H,15,16). The monoisotopic (exact) mass is 222 g/mol. The fraction of sp³-hybridized carbons (Fsp3) is 0.667. The maximum absolute atomic E-state index is 10.5. The molecule has 0 amide bonds. The molecule has 1 N–H and O–H groups in total. The Kier molecular flexibility index (Phi) is 3.59. The number of carboxylic acids is 1. The third-order valence-corrected chi connectivity index (χ3v) is 3.28. The van der Waals surface area contributed by atoms with Gasteiger partial charge in [-0.2, -0.15) is 0 Å². The smallest absolute Gasteiger partial charge is 0.305 e. The molecule has 88 valence electrons. The molecule has 1 heterocycles. The number of carboxylic acid groups (broad SMARTS) is 1. The fourth-order valence-electron chi connectivity index (χ4n) is 2.45. The van der Waals surface area contributed by atoms with E-state index >= 15 is 0 Å². The number of hydrogen-bond acceptors (Lipinski definition) is 2. The van der Waals surface area contributed by atoms with Crippen LogP contribution in [-0.2, 0) is 11.3 Å². The quantitative estimate of drug-likeness (QED) is 0.851. The van der Waals surface area contributed by atoms with Crippen molar-refractivity contribution in [3.05, 3.63) is 18.2 Å². The first-order chi connectivity index (χ1) is 7.77. The highest BCUT2D eigenvalue weighted by molar-refractivity contribution is 5.66. The molecule has 0 saturated heterocycles. The van der Waals surface area contributed by atoms with E-state index in [0.29, 0.717) is 12.5 Å². The van der Waals surface area contributed by atoms with Crippen LogP contribution in [0.15, 0.2) is 12.4 Å². The van der Waals surface area contributed by atoms with Gasteiger partial charge < -0.3 is 9.67 Å². The molecule has 1 aromatic rings. The summed E-state index contributed by atoms with van der Waals surface area (Å²) in [4.78, 5) is 14.9. The molecule has 1 aromatic heterocycles. The second kappa shape index (κ2) is 5.14. The summed E-state index contributed by atoms with van der Waals surface area (Å²) < 4.78 is 2.00. The van der Waals surface area contributed by atoms with Gasteiger partial charge in [0.1, 0.15) is 5.82 Å². The third kappa shape index (κ3) is 2.62. The van der Waals surface area contributed by atoms with Crippen LogP contribution in [0.4, 0.5) is 0 Å². The molecule has 0 radical (unpaired) electrons. The zero-order valence-corrected chi connectivity index (χ0v) is 9.43. The van der Waals surface area contributed by atoms with E-state index in [9.17, 15) is 4.79 Å². The Hall–Kier alpha value is -1.32. The number of hydrogen-bond donors (Lipinski definition) is 1. The molecule has 0 aromatic carbocycles. The van der Waals surface area contributed by atoms with Crippen LogP contribution in [0.3, 0.4) is 0 Å². The Balaban J connectivity index is 2.02. The van der Waals surface area contributed by atoms with Crippen molar-refractivity contribution in [2.24, 2.45) is 0 Å². The minimum atomic E-state index is -0.747. The van der Waals surface area contributed by atoms with E-state index < -0.39 is 5.97 Å². The minimum Gasteiger partial charge on any atom is -0.481 e. The number of nitrogens with zero attached hydrogens (tertiary/aromatic N) is 2. The molecule has 0 aliphatic heterocycles. The summed E-state index contributed by atoms with van der Waals surface area (Å²) in [5.41, 5.74) is 0. The number of rotatable bonds is 4. The highest BCUT2D eigenvalue weighted by Gasteiger charge is 2.19. The first-order valence-corrected chi connectivity index (χ1v) is 6.00. The Labute approximate surface area is 95.3 Å². The lowest BCUT2D eigenvalue weighted by molar-refractivity contribution is -0.137. The van der Waals surface area contributed by atoms with Crippen molar-refractivity contribution in [2.45, 2.75) is 51.0 Å². The lowest BCUT2D eigenvalue weighted by Gasteiger charge is -2.21. The SMILES string of the molecule is O=C(O)CCn1ccnc1C1CCCCC1.